The number of sulfonamides is 1. The van der Waals surface area contributed by atoms with Gasteiger partial charge in [0.15, 0.2) is 17.4 Å². The summed E-state index contributed by atoms with van der Waals surface area (Å²) < 4.78 is 55.4. The van der Waals surface area contributed by atoms with Gasteiger partial charge in [-0.05, 0) is 64.2 Å². The number of fused-ring (bicyclic) bond motifs is 1. The van der Waals surface area contributed by atoms with E-state index in [0.717, 1.165) is 28.0 Å². The van der Waals surface area contributed by atoms with Crippen molar-refractivity contribution in [1.29, 1.82) is 0 Å². The molecule has 0 aliphatic rings. The molecule has 0 radical (unpaired) electrons. The van der Waals surface area contributed by atoms with E-state index in [1.165, 1.54) is 0 Å². The van der Waals surface area contributed by atoms with Crippen molar-refractivity contribution in [3.05, 3.63) is 126 Å². The zero-order valence-corrected chi connectivity index (χ0v) is 22.6. The Labute approximate surface area is 235 Å². The van der Waals surface area contributed by atoms with E-state index in [2.05, 4.69) is 10.6 Å². The van der Waals surface area contributed by atoms with Crippen molar-refractivity contribution >= 4 is 26.7 Å². The number of aryl methyl sites for hydroxylation is 1. The van der Waals surface area contributed by atoms with Gasteiger partial charge >= 0.3 is 0 Å². The number of nitrogens with zero attached hydrogens (tertiary/aromatic N) is 2. The third-order valence-corrected chi connectivity index (χ3v) is 7.80. The van der Waals surface area contributed by atoms with E-state index in [9.17, 15) is 22.0 Å². The molecule has 5 aromatic rings. The van der Waals surface area contributed by atoms with Gasteiger partial charge in [-0.3, -0.25) is 9.48 Å². The van der Waals surface area contributed by atoms with Gasteiger partial charge in [0.2, 0.25) is 5.91 Å². The Hall–Kier alpha value is -4.61. The van der Waals surface area contributed by atoms with Crippen LogP contribution in [-0.4, -0.2) is 24.1 Å². The van der Waals surface area contributed by atoms with Crippen molar-refractivity contribution in [2.24, 2.45) is 0 Å². The second-order valence-electron chi connectivity index (χ2n) is 9.31. The predicted molar refractivity (Wildman–Crippen MR) is 149 cm³/mol. The monoisotopic (exact) mass is 576 g/mol. The average Bonchev–Trinajstić information content (AvgIpc) is 3.47. The highest BCUT2D eigenvalue weighted by Gasteiger charge is 2.20. The van der Waals surface area contributed by atoms with Gasteiger partial charge in [0.05, 0.1) is 18.0 Å². The van der Waals surface area contributed by atoms with Crippen LogP contribution in [0, 0.1) is 11.6 Å². The summed E-state index contributed by atoms with van der Waals surface area (Å²) in [5.41, 5.74) is 5.62. The smallest absolute Gasteiger partial charge is 0.264 e. The number of aromatic nitrogens is 2. The summed E-state index contributed by atoms with van der Waals surface area (Å²) in [5.74, 6) is -2.84. The van der Waals surface area contributed by atoms with Crippen molar-refractivity contribution in [3.8, 4) is 5.75 Å². The summed E-state index contributed by atoms with van der Waals surface area (Å²) in [5, 5.41) is 6.43. The molecular weight excluding hydrogens is 550 g/mol. The molecule has 0 saturated heterocycles. The van der Waals surface area contributed by atoms with Crippen LogP contribution in [0.25, 0.3) is 10.8 Å². The molecule has 0 atom stereocenters. The first-order valence-corrected chi connectivity index (χ1v) is 14.2. The lowest BCUT2D eigenvalue weighted by atomic mass is 10.0. The third-order valence-electron chi connectivity index (χ3n) is 6.43. The van der Waals surface area contributed by atoms with Gasteiger partial charge in [-0.25, -0.2) is 21.9 Å². The van der Waals surface area contributed by atoms with Gasteiger partial charge < -0.3 is 4.84 Å². The van der Waals surface area contributed by atoms with Gasteiger partial charge in [0, 0.05) is 18.8 Å². The van der Waals surface area contributed by atoms with Gasteiger partial charge in [-0.1, -0.05) is 54.6 Å². The van der Waals surface area contributed by atoms with Crippen molar-refractivity contribution in [1.82, 2.24) is 20.0 Å². The van der Waals surface area contributed by atoms with Crippen LogP contribution >= 0.6 is 0 Å². The number of hydroxylamine groups is 1. The van der Waals surface area contributed by atoms with Crippen molar-refractivity contribution < 1.29 is 26.8 Å². The number of nitrogens with one attached hydrogen (secondary N) is 2. The van der Waals surface area contributed by atoms with Crippen LogP contribution in [0.2, 0.25) is 0 Å². The van der Waals surface area contributed by atoms with Crippen LogP contribution in [0.3, 0.4) is 0 Å². The molecule has 8 nitrogen and oxygen atoms in total. The molecule has 0 fully saturated rings. The first kappa shape index (κ1) is 27.9. The minimum absolute atomic E-state index is 0.159. The molecule has 41 heavy (non-hydrogen) atoms. The molecule has 0 spiro atoms. The van der Waals surface area contributed by atoms with E-state index < -0.39 is 32.5 Å². The summed E-state index contributed by atoms with van der Waals surface area (Å²) in [6.07, 6.45) is 3.49. The molecule has 11 heteroatoms. The second kappa shape index (κ2) is 12.3. The molecule has 0 aliphatic heterocycles. The largest absolute Gasteiger partial charge is 0.408 e. The standard InChI is InChI=1S/C30H26F2N4O4S/c31-27-13-12-25(18-28(27)32)41(38,39)35-30(37)14-11-23-10-9-21(20-36-16-4-15-33-36)17-29(23)40-34-19-24-7-3-6-22-5-1-2-8-26(22)24/h1-10,12-13,15-18,34H,11,14,19-20H2,(H,35,37). The Morgan fingerprint density at radius 3 is 2.54 bits per heavy atom. The number of carbonyl (C=O) groups excluding carboxylic acids is 1. The molecule has 210 valence electrons. The number of halogens is 2. The summed E-state index contributed by atoms with van der Waals surface area (Å²) in [7, 11) is -4.37. The van der Waals surface area contributed by atoms with E-state index in [0.29, 0.717) is 36.5 Å². The van der Waals surface area contributed by atoms with Gasteiger partial charge in [-0.15, -0.1) is 0 Å². The Morgan fingerprint density at radius 1 is 0.902 bits per heavy atom. The normalized spacial score (nSPS) is 11.5. The Morgan fingerprint density at radius 2 is 1.73 bits per heavy atom. The number of carbonyl (C=O) groups is 1. The van der Waals surface area contributed by atoms with E-state index in [4.69, 9.17) is 4.84 Å². The molecular formula is C30H26F2N4O4S. The molecule has 5 rings (SSSR count). The minimum Gasteiger partial charge on any atom is -0.408 e. The molecule has 1 heterocycles. The highest BCUT2D eigenvalue weighted by Crippen LogP contribution is 2.24. The van der Waals surface area contributed by atoms with Crippen LogP contribution in [0.1, 0.15) is 23.1 Å². The molecule has 0 aliphatic carbocycles. The van der Waals surface area contributed by atoms with E-state index in [1.54, 1.807) is 10.9 Å². The molecule has 2 N–H and O–H groups in total. The number of hydrogen-bond acceptors (Lipinski definition) is 6. The Balaban J connectivity index is 1.29. The fraction of sp³-hybridized carbons (Fsp3) is 0.133. The van der Waals surface area contributed by atoms with Crippen LogP contribution in [0.5, 0.6) is 5.75 Å². The molecule has 4 aromatic carbocycles. The zero-order valence-electron chi connectivity index (χ0n) is 21.8. The van der Waals surface area contributed by atoms with Crippen molar-refractivity contribution in [3.63, 3.8) is 0 Å². The van der Waals surface area contributed by atoms with Gasteiger partial charge in [0.25, 0.3) is 10.0 Å². The fourth-order valence-corrected chi connectivity index (χ4v) is 5.40. The quantitative estimate of drug-likeness (QED) is 0.217. The molecule has 0 bridgehead atoms. The summed E-state index contributed by atoms with van der Waals surface area (Å²) >= 11 is 0. The second-order valence-corrected chi connectivity index (χ2v) is 11.0. The van der Waals surface area contributed by atoms with Gasteiger partial charge in [0.1, 0.15) is 0 Å². The van der Waals surface area contributed by atoms with Crippen LogP contribution in [-0.2, 0) is 34.3 Å². The average molecular weight is 577 g/mol. The predicted octanol–water partition coefficient (Wildman–Crippen LogP) is 4.88. The molecule has 0 saturated carbocycles. The van der Waals surface area contributed by atoms with Crippen LogP contribution < -0.4 is 15.0 Å². The summed E-state index contributed by atoms with van der Waals surface area (Å²) in [6, 6.07) is 23.5. The minimum atomic E-state index is -4.37. The number of hydrogen-bond donors (Lipinski definition) is 2. The summed E-state index contributed by atoms with van der Waals surface area (Å²) in [6.45, 7) is 0.914. The number of benzene rings is 4. The highest BCUT2D eigenvalue weighted by molar-refractivity contribution is 7.90. The Kier molecular flexibility index (Phi) is 8.37. The molecule has 0 unspecified atom stereocenters. The lowest BCUT2D eigenvalue weighted by Crippen LogP contribution is -2.31. The zero-order chi connectivity index (χ0) is 28.8. The molecule has 1 aromatic heterocycles. The van der Waals surface area contributed by atoms with Gasteiger partial charge in [-0.2, -0.15) is 10.6 Å². The number of rotatable bonds is 11. The molecule has 1 amide bonds. The highest BCUT2D eigenvalue weighted by atomic mass is 32.2. The first-order chi connectivity index (χ1) is 19.8. The van der Waals surface area contributed by atoms with Crippen LogP contribution in [0.15, 0.2) is 102 Å². The maximum atomic E-state index is 13.5. The van der Waals surface area contributed by atoms with Crippen molar-refractivity contribution in [2.45, 2.75) is 30.8 Å². The van der Waals surface area contributed by atoms with E-state index in [1.807, 2.05) is 77.6 Å². The Bertz CT molecular complexity index is 1790. The maximum absolute atomic E-state index is 13.5. The topological polar surface area (TPSA) is 102 Å². The third kappa shape index (κ3) is 6.94. The lowest BCUT2D eigenvalue weighted by Gasteiger charge is -2.15. The lowest BCUT2D eigenvalue weighted by molar-refractivity contribution is -0.119. The van der Waals surface area contributed by atoms with Crippen LogP contribution in [0.4, 0.5) is 8.78 Å². The fourth-order valence-electron chi connectivity index (χ4n) is 4.37. The number of amides is 1. The van der Waals surface area contributed by atoms with E-state index >= 15 is 0 Å². The van der Waals surface area contributed by atoms with E-state index in [-0.39, 0.29) is 12.8 Å². The summed E-state index contributed by atoms with van der Waals surface area (Å²) in [4.78, 5) is 18.0. The maximum Gasteiger partial charge on any atom is 0.264 e. The SMILES string of the molecule is O=C(CCc1ccc(Cn2cccn2)cc1ONCc1cccc2ccccc12)NS(=O)(=O)c1ccc(F)c(F)c1. The first-order valence-electron chi connectivity index (χ1n) is 12.7. The van der Waals surface area contributed by atoms with Crippen molar-refractivity contribution in [2.75, 3.05) is 0 Å².